The van der Waals surface area contributed by atoms with E-state index in [1.807, 2.05) is 17.5 Å². The number of hydrogen-bond donors (Lipinski definition) is 1. The molecule has 1 N–H and O–H groups in total. The molecule has 0 unspecified atom stereocenters. The van der Waals surface area contributed by atoms with Crippen molar-refractivity contribution in [3.05, 3.63) is 41.4 Å². The number of rotatable bonds is 5. The van der Waals surface area contributed by atoms with Gasteiger partial charge in [-0.1, -0.05) is 0 Å². The van der Waals surface area contributed by atoms with Gasteiger partial charge < -0.3 is 20.0 Å². The highest BCUT2D eigenvalue weighted by Crippen LogP contribution is 2.22. The highest BCUT2D eigenvalue weighted by Gasteiger charge is 2.20. The fourth-order valence-electron chi connectivity index (χ4n) is 4.04. The van der Waals surface area contributed by atoms with Crippen LogP contribution in [0.4, 0.5) is 10.8 Å². The zero-order valence-electron chi connectivity index (χ0n) is 17.4. The van der Waals surface area contributed by atoms with E-state index < -0.39 is 0 Å². The van der Waals surface area contributed by atoms with Crippen molar-refractivity contribution in [1.82, 2.24) is 15.2 Å². The molecule has 156 valence electrons. The first-order valence-corrected chi connectivity index (χ1v) is 11.7. The molecule has 2 saturated heterocycles. The molecular formula is C22H32N6S. The molecular weight excluding hydrogens is 380 g/mol. The molecule has 0 amide bonds. The Labute approximate surface area is 178 Å². The van der Waals surface area contributed by atoms with E-state index in [-0.39, 0.29) is 0 Å². The highest BCUT2D eigenvalue weighted by molar-refractivity contribution is 7.14. The summed E-state index contributed by atoms with van der Waals surface area (Å²) in [6.45, 7) is 10.0. The lowest BCUT2D eigenvalue weighted by Crippen LogP contribution is -2.52. The van der Waals surface area contributed by atoms with Crippen LogP contribution < -0.4 is 15.1 Å². The van der Waals surface area contributed by atoms with E-state index in [9.17, 15) is 0 Å². The van der Waals surface area contributed by atoms with E-state index >= 15 is 0 Å². The molecule has 6 nitrogen and oxygen atoms in total. The van der Waals surface area contributed by atoms with Gasteiger partial charge in [0.15, 0.2) is 5.96 Å². The smallest absolute Gasteiger partial charge is 0.194 e. The largest absolute Gasteiger partial charge is 0.360 e. The van der Waals surface area contributed by atoms with E-state index in [0.29, 0.717) is 6.54 Å². The van der Waals surface area contributed by atoms with Crippen molar-refractivity contribution in [1.29, 1.82) is 0 Å². The van der Waals surface area contributed by atoms with Gasteiger partial charge in [0.2, 0.25) is 0 Å². The lowest BCUT2D eigenvalue weighted by atomic mass is 10.1. The maximum Gasteiger partial charge on any atom is 0.194 e. The monoisotopic (exact) mass is 412 g/mol. The Kier molecular flexibility index (Phi) is 6.87. The third-order valence-corrected chi connectivity index (χ3v) is 6.56. The van der Waals surface area contributed by atoms with Crippen molar-refractivity contribution in [2.75, 3.05) is 55.6 Å². The number of anilines is 2. The van der Waals surface area contributed by atoms with Gasteiger partial charge >= 0.3 is 0 Å². The second kappa shape index (κ2) is 9.96. The predicted molar refractivity (Wildman–Crippen MR) is 123 cm³/mol. The summed E-state index contributed by atoms with van der Waals surface area (Å²) in [7, 11) is 0. The lowest BCUT2D eigenvalue weighted by molar-refractivity contribution is 0.373. The van der Waals surface area contributed by atoms with E-state index in [1.54, 1.807) is 0 Å². The maximum atomic E-state index is 4.95. The molecule has 7 heteroatoms. The average Bonchev–Trinajstić information content (AvgIpc) is 3.33. The van der Waals surface area contributed by atoms with E-state index in [4.69, 9.17) is 4.99 Å². The Morgan fingerprint density at radius 3 is 2.62 bits per heavy atom. The van der Waals surface area contributed by atoms with Crippen molar-refractivity contribution < 1.29 is 0 Å². The van der Waals surface area contributed by atoms with E-state index in [0.717, 1.165) is 57.6 Å². The van der Waals surface area contributed by atoms with Gasteiger partial charge in [-0.15, -0.1) is 11.3 Å². The number of guanidine groups is 1. The summed E-state index contributed by atoms with van der Waals surface area (Å²) in [5.41, 5.74) is 1.23. The van der Waals surface area contributed by atoms with Gasteiger partial charge in [-0.05, 0) is 61.4 Å². The van der Waals surface area contributed by atoms with E-state index in [1.165, 1.54) is 29.8 Å². The number of piperazine rings is 1. The van der Waals surface area contributed by atoms with Crippen LogP contribution in [-0.4, -0.2) is 61.7 Å². The fraction of sp³-hybridized carbons (Fsp3) is 0.545. The summed E-state index contributed by atoms with van der Waals surface area (Å²) >= 11 is 1.82. The third-order valence-electron chi connectivity index (χ3n) is 5.63. The third kappa shape index (κ3) is 5.21. The topological polar surface area (TPSA) is 47.0 Å². The molecule has 2 fully saturated rings. The highest BCUT2D eigenvalue weighted by atomic mass is 32.1. The van der Waals surface area contributed by atoms with Crippen LogP contribution >= 0.6 is 11.3 Å². The van der Waals surface area contributed by atoms with Crippen LogP contribution in [0.15, 0.2) is 40.8 Å². The van der Waals surface area contributed by atoms with Gasteiger partial charge in [-0.2, -0.15) is 0 Å². The molecule has 2 aliphatic rings. The zero-order valence-corrected chi connectivity index (χ0v) is 18.2. The predicted octanol–water partition coefficient (Wildman–Crippen LogP) is 3.42. The number of aliphatic imine (C=N–C) groups is 1. The molecule has 0 saturated carbocycles. The van der Waals surface area contributed by atoms with Crippen LogP contribution in [0.1, 0.15) is 31.7 Å². The molecule has 2 aromatic heterocycles. The Morgan fingerprint density at radius 1 is 1.07 bits per heavy atom. The van der Waals surface area contributed by atoms with Crippen LogP contribution in [0.3, 0.4) is 0 Å². The Bertz CT molecular complexity index is 776. The van der Waals surface area contributed by atoms with Gasteiger partial charge in [0.05, 0.1) is 11.5 Å². The summed E-state index contributed by atoms with van der Waals surface area (Å²) in [6.07, 6.45) is 5.81. The summed E-state index contributed by atoms with van der Waals surface area (Å²) in [4.78, 5) is 16.8. The van der Waals surface area contributed by atoms with Gasteiger partial charge in [-0.25, -0.2) is 9.98 Å². The number of nitrogens with zero attached hydrogens (tertiary/aromatic N) is 5. The van der Waals surface area contributed by atoms with E-state index in [2.05, 4.69) is 61.6 Å². The summed E-state index contributed by atoms with van der Waals surface area (Å²) in [5.74, 6) is 2.13. The second-order valence-corrected chi connectivity index (χ2v) is 8.59. The number of thiophene rings is 1. The molecule has 0 spiro atoms. The molecule has 0 atom stereocenters. The summed E-state index contributed by atoms with van der Waals surface area (Å²) < 4.78 is 0. The lowest BCUT2D eigenvalue weighted by Gasteiger charge is -2.37. The van der Waals surface area contributed by atoms with Crippen molar-refractivity contribution in [3.8, 4) is 0 Å². The maximum absolute atomic E-state index is 4.95. The van der Waals surface area contributed by atoms with Crippen molar-refractivity contribution in [2.24, 2.45) is 4.99 Å². The molecule has 29 heavy (non-hydrogen) atoms. The fourth-order valence-corrected chi connectivity index (χ4v) is 4.82. The number of piperidine rings is 1. The van der Waals surface area contributed by atoms with Crippen LogP contribution in [0, 0.1) is 0 Å². The normalized spacial score (nSPS) is 18.2. The first kappa shape index (κ1) is 20.0. The van der Waals surface area contributed by atoms with Gasteiger partial charge in [0.25, 0.3) is 0 Å². The van der Waals surface area contributed by atoms with Crippen molar-refractivity contribution >= 4 is 28.1 Å². The first-order chi connectivity index (χ1) is 14.3. The number of aromatic nitrogens is 1. The Hall–Kier alpha value is -2.28. The van der Waals surface area contributed by atoms with Crippen LogP contribution in [0.5, 0.6) is 0 Å². The van der Waals surface area contributed by atoms with Crippen LogP contribution in [-0.2, 0) is 6.54 Å². The van der Waals surface area contributed by atoms with Crippen LogP contribution in [0.25, 0.3) is 0 Å². The quantitative estimate of drug-likeness (QED) is 0.602. The van der Waals surface area contributed by atoms with Crippen LogP contribution in [0.2, 0.25) is 0 Å². The second-order valence-electron chi connectivity index (χ2n) is 7.67. The number of nitrogens with one attached hydrogen (secondary N) is 1. The SMILES string of the molecule is CCNC(=NCc1ccnc(N2CCCCC2)c1)N1CCN(c2cccs2)CC1. The molecule has 4 heterocycles. The molecule has 2 aromatic rings. The van der Waals surface area contributed by atoms with Crippen molar-refractivity contribution in [2.45, 2.75) is 32.7 Å². The zero-order chi connectivity index (χ0) is 19.9. The van der Waals surface area contributed by atoms with Gasteiger partial charge in [-0.3, -0.25) is 0 Å². The minimum atomic E-state index is 0.691. The molecule has 0 aliphatic carbocycles. The average molecular weight is 413 g/mol. The minimum Gasteiger partial charge on any atom is -0.360 e. The standard InChI is InChI=1S/C22H32N6S/c1-2-23-22(28-14-12-27(13-15-28)21-7-6-16-29-21)25-18-19-8-9-24-20(17-19)26-10-4-3-5-11-26/h6-9,16-17H,2-5,10-15,18H2,1H3,(H,23,25). The molecule has 2 aliphatic heterocycles. The van der Waals surface area contributed by atoms with Gasteiger partial charge in [0, 0.05) is 52.0 Å². The number of hydrogen-bond acceptors (Lipinski definition) is 5. The Morgan fingerprint density at radius 2 is 1.90 bits per heavy atom. The molecule has 0 bridgehead atoms. The molecule has 4 rings (SSSR count). The molecule has 0 radical (unpaired) electrons. The number of pyridine rings is 1. The summed E-state index contributed by atoms with van der Waals surface area (Å²) in [5, 5.41) is 7.01. The first-order valence-electron chi connectivity index (χ1n) is 10.8. The van der Waals surface area contributed by atoms with Crippen molar-refractivity contribution in [3.63, 3.8) is 0 Å². The molecule has 0 aromatic carbocycles. The van der Waals surface area contributed by atoms with Gasteiger partial charge in [0.1, 0.15) is 5.82 Å². The minimum absolute atomic E-state index is 0.691. The summed E-state index contributed by atoms with van der Waals surface area (Å²) in [6, 6.07) is 8.65. The Balaban J connectivity index is 1.38.